The van der Waals surface area contributed by atoms with E-state index in [4.69, 9.17) is 0 Å². The van der Waals surface area contributed by atoms with Gasteiger partial charge in [0.05, 0.1) is 12.1 Å². The van der Waals surface area contributed by atoms with Gasteiger partial charge in [-0.2, -0.15) is 0 Å². The zero-order valence-corrected chi connectivity index (χ0v) is 8.61. The highest BCUT2D eigenvalue weighted by atomic mass is 15.2. The Bertz CT molecular complexity index is 372. The monoisotopic (exact) mass is 201 g/mol. The summed E-state index contributed by atoms with van der Waals surface area (Å²) in [5, 5.41) is 6.83. The average molecular weight is 201 g/mol. The van der Waals surface area contributed by atoms with Gasteiger partial charge in [0.15, 0.2) is 0 Å². The van der Waals surface area contributed by atoms with Crippen LogP contribution in [0.25, 0.3) is 0 Å². The van der Waals surface area contributed by atoms with Gasteiger partial charge in [-0.3, -0.25) is 4.99 Å². The molecule has 3 rings (SSSR count). The molecule has 0 radical (unpaired) electrons. The number of amidine groups is 1. The number of aliphatic imine (C=N–C) groups is 1. The first-order chi connectivity index (χ1) is 7.42. The summed E-state index contributed by atoms with van der Waals surface area (Å²) in [5.41, 5.74) is 1.33. The smallest absolute Gasteiger partial charge is 0.102 e. The van der Waals surface area contributed by atoms with Crippen LogP contribution in [0.1, 0.15) is 5.56 Å². The third-order valence-electron chi connectivity index (χ3n) is 3.07. The van der Waals surface area contributed by atoms with Crippen molar-refractivity contribution in [1.82, 2.24) is 10.6 Å². The largest absolute Gasteiger partial charge is 0.367 e. The van der Waals surface area contributed by atoms with E-state index >= 15 is 0 Å². The van der Waals surface area contributed by atoms with E-state index < -0.39 is 0 Å². The van der Waals surface area contributed by atoms with Crippen molar-refractivity contribution in [3.05, 3.63) is 35.9 Å². The molecule has 1 saturated heterocycles. The fourth-order valence-electron chi connectivity index (χ4n) is 2.29. The summed E-state index contributed by atoms with van der Waals surface area (Å²) in [6.07, 6.45) is 0.938. The summed E-state index contributed by atoms with van der Waals surface area (Å²) < 4.78 is 0. The molecule has 0 aliphatic carbocycles. The van der Waals surface area contributed by atoms with Gasteiger partial charge in [0, 0.05) is 19.5 Å². The number of nitrogens with zero attached hydrogens (tertiary/aromatic N) is 1. The lowest BCUT2D eigenvalue weighted by Gasteiger charge is -2.08. The third kappa shape index (κ3) is 1.75. The van der Waals surface area contributed by atoms with Gasteiger partial charge >= 0.3 is 0 Å². The van der Waals surface area contributed by atoms with E-state index in [-0.39, 0.29) is 0 Å². The van der Waals surface area contributed by atoms with E-state index in [1.54, 1.807) is 0 Å². The maximum Gasteiger partial charge on any atom is 0.102 e. The Morgan fingerprint density at radius 1 is 1.20 bits per heavy atom. The second-order valence-corrected chi connectivity index (χ2v) is 4.21. The highest BCUT2D eigenvalue weighted by Gasteiger charge is 2.32. The van der Waals surface area contributed by atoms with Crippen molar-refractivity contribution in [1.29, 1.82) is 0 Å². The van der Waals surface area contributed by atoms with E-state index in [1.807, 2.05) is 6.07 Å². The summed E-state index contributed by atoms with van der Waals surface area (Å²) in [6, 6.07) is 11.5. The SMILES string of the molecule is c1ccc(CC2=NC3CNCC3N2)cc1. The van der Waals surface area contributed by atoms with Crippen molar-refractivity contribution in [3.8, 4) is 0 Å². The minimum Gasteiger partial charge on any atom is -0.367 e. The van der Waals surface area contributed by atoms with Crippen molar-refractivity contribution in [2.75, 3.05) is 13.1 Å². The van der Waals surface area contributed by atoms with Crippen LogP contribution >= 0.6 is 0 Å². The molecular formula is C12H15N3. The number of fused-ring (bicyclic) bond motifs is 1. The standard InChI is InChI=1S/C12H15N3/c1-2-4-9(5-3-1)6-12-14-10-7-13-8-11(10)15-12/h1-5,10-11,13H,6-8H2,(H,14,15). The molecule has 1 aromatic carbocycles. The molecule has 1 fully saturated rings. The van der Waals surface area contributed by atoms with Crippen LogP contribution in [0.5, 0.6) is 0 Å². The quantitative estimate of drug-likeness (QED) is 0.734. The lowest BCUT2D eigenvalue weighted by molar-refractivity contribution is 0.636. The van der Waals surface area contributed by atoms with Gasteiger partial charge in [0.1, 0.15) is 5.84 Å². The van der Waals surface area contributed by atoms with Crippen LogP contribution in [0.3, 0.4) is 0 Å². The lowest BCUT2D eigenvalue weighted by Crippen LogP contribution is -2.35. The van der Waals surface area contributed by atoms with Crippen molar-refractivity contribution >= 4 is 5.84 Å². The third-order valence-corrected chi connectivity index (χ3v) is 3.07. The predicted octanol–water partition coefficient (Wildman–Crippen LogP) is 0.571. The average Bonchev–Trinajstić information content (AvgIpc) is 2.79. The molecule has 78 valence electrons. The molecule has 2 heterocycles. The Labute approximate surface area is 89.6 Å². The van der Waals surface area contributed by atoms with Crippen LogP contribution in [0.4, 0.5) is 0 Å². The van der Waals surface area contributed by atoms with Gasteiger partial charge in [0.2, 0.25) is 0 Å². The first-order valence-electron chi connectivity index (χ1n) is 5.50. The lowest BCUT2D eigenvalue weighted by atomic mass is 10.1. The summed E-state index contributed by atoms with van der Waals surface area (Å²) in [5.74, 6) is 1.15. The number of benzene rings is 1. The molecule has 0 saturated carbocycles. The van der Waals surface area contributed by atoms with Crippen LogP contribution in [-0.2, 0) is 6.42 Å². The van der Waals surface area contributed by atoms with E-state index in [0.717, 1.165) is 25.3 Å². The molecule has 2 atom stereocenters. The molecule has 0 spiro atoms. The van der Waals surface area contributed by atoms with Crippen LogP contribution in [0.15, 0.2) is 35.3 Å². The molecule has 1 aromatic rings. The molecule has 15 heavy (non-hydrogen) atoms. The van der Waals surface area contributed by atoms with Gasteiger partial charge in [-0.15, -0.1) is 0 Å². The minimum atomic E-state index is 0.462. The second kappa shape index (κ2) is 3.66. The second-order valence-electron chi connectivity index (χ2n) is 4.21. The summed E-state index contributed by atoms with van der Waals surface area (Å²) in [6.45, 7) is 2.07. The van der Waals surface area contributed by atoms with Gasteiger partial charge in [-0.25, -0.2) is 0 Å². The zero-order chi connectivity index (χ0) is 10.1. The van der Waals surface area contributed by atoms with Crippen LogP contribution in [-0.4, -0.2) is 31.0 Å². The highest BCUT2D eigenvalue weighted by molar-refractivity contribution is 5.86. The van der Waals surface area contributed by atoms with Crippen molar-refractivity contribution < 1.29 is 0 Å². The van der Waals surface area contributed by atoms with Crippen LogP contribution < -0.4 is 10.6 Å². The molecule has 0 bridgehead atoms. The Morgan fingerprint density at radius 2 is 2.07 bits per heavy atom. The number of hydrogen-bond donors (Lipinski definition) is 2. The van der Waals surface area contributed by atoms with Crippen molar-refractivity contribution in [2.24, 2.45) is 4.99 Å². The molecule has 0 amide bonds. The molecule has 2 aliphatic rings. The Hall–Kier alpha value is -1.35. The first kappa shape index (κ1) is 8.92. The number of hydrogen-bond acceptors (Lipinski definition) is 3. The van der Waals surface area contributed by atoms with Crippen molar-refractivity contribution in [3.63, 3.8) is 0 Å². The van der Waals surface area contributed by atoms with E-state index in [9.17, 15) is 0 Å². The van der Waals surface area contributed by atoms with Gasteiger partial charge < -0.3 is 10.6 Å². The predicted molar refractivity (Wildman–Crippen MR) is 61.2 cm³/mol. The maximum absolute atomic E-state index is 4.69. The molecule has 0 aromatic heterocycles. The summed E-state index contributed by atoms with van der Waals surface area (Å²) in [4.78, 5) is 4.69. The normalized spacial score (nSPS) is 28.4. The molecule has 3 nitrogen and oxygen atoms in total. The Morgan fingerprint density at radius 3 is 2.87 bits per heavy atom. The van der Waals surface area contributed by atoms with E-state index in [1.165, 1.54) is 5.56 Å². The van der Waals surface area contributed by atoms with Gasteiger partial charge in [-0.1, -0.05) is 30.3 Å². The van der Waals surface area contributed by atoms with E-state index in [0.29, 0.717) is 12.1 Å². The summed E-state index contributed by atoms with van der Waals surface area (Å²) >= 11 is 0. The summed E-state index contributed by atoms with van der Waals surface area (Å²) in [7, 11) is 0. The molecule has 2 aliphatic heterocycles. The highest BCUT2D eigenvalue weighted by Crippen LogP contribution is 2.13. The number of nitrogens with one attached hydrogen (secondary N) is 2. The Balaban J connectivity index is 1.70. The Kier molecular flexibility index (Phi) is 2.18. The van der Waals surface area contributed by atoms with Gasteiger partial charge in [-0.05, 0) is 5.56 Å². The van der Waals surface area contributed by atoms with E-state index in [2.05, 4.69) is 39.9 Å². The minimum absolute atomic E-state index is 0.462. The fourth-order valence-corrected chi connectivity index (χ4v) is 2.29. The molecule has 2 unspecified atom stereocenters. The molecule has 2 N–H and O–H groups in total. The fraction of sp³-hybridized carbons (Fsp3) is 0.417. The maximum atomic E-state index is 4.69. The zero-order valence-electron chi connectivity index (χ0n) is 8.61. The first-order valence-corrected chi connectivity index (χ1v) is 5.50. The van der Waals surface area contributed by atoms with Crippen LogP contribution in [0, 0.1) is 0 Å². The molecular weight excluding hydrogens is 186 g/mol. The number of rotatable bonds is 2. The van der Waals surface area contributed by atoms with Crippen LogP contribution in [0.2, 0.25) is 0 Å². The van der Waals surface area contributed by atoms with Gasteiger partial charge in [0.25, 0.3) is 0 Å². The molecule has 3 heteroatoms. The van der Waals surface area contributed by atoms with Crippen molar-refractivity contribution in [2.45, 2.75) is 18.5 Å². The topological polar surface area (TPSA) is 36.4 Å².